The number of Topliss-reactive ketones (excluding diaryl/α,β-unsaturated/α-hetero) is 1. The Kier molecular flexibility index (Phi) is 4.11. The summed E-state index contributed by atoms with van der Waals surface area (Å²) in [6, 6.07) is 0. The molecule has 2 atom stereocenters. The summed E-state index contributed by atoms with van der Waals surface area (Å²) in [7, 11) is 0. The quantitative estimate of drug-likeness (QED) is 0.584. The summed E-state index contributed by atoms with van der Waals surface area (Å²) in [5, 5.41) is 0. The van der Waals surface area contributed by atoms with Crippen molar-refractivity contribution in [3.8, 4) is 0 Å². The van der Waals surface area contributed by atoms with Gasteiger partial charge in [0, 0.05) is 11.8 Å². The van der Waals surface area contributed by atoms with Crippen molar-refractivity contribution in [2.45, 2.75) is 52.0 Å². The van der Waals surface area contributed by atoms with Gasteiger partial charge < -0.3 is 9.47 Å². The Bertz CT molecular complexity index is 473. The Hall–Kier alpha value is -1.46. The van der Waals surface area contributed by atoms with E-state index in [9.17, 15) is 9.59 Å². The second-order valence-electron chi connectivity index (χ2n) is 6.09. The van der Waals surface area contributed by atoms with Crippen LogP contribution in [0.15, 0.2) is 23.9 Å². The molecule has 2 rings (SSSR count). The van der Waals surface area contributed by atoms with Crippen LogP contribution in [0, 0.1) is 0 Å². The molecule has 0 saturated heterocycles. The predicted octanol–water partition coefficient (Wildman–Crippen LogP) is 1.79. The van der Waals surface area contributed by atoms with E-state index in [0.29, 0.717) is 12.2 Å². The zero-order chi connectivity index (χ0) is 14.9. The topological polar surface area (TPSA) is 55.8 Å². The van der Waals surface area contributed by atoms with E-state index in [2.05, 4.69) is 0 Å². The molecular formula is C15H21NO4. The third-order valence-corrected chi connectivity index (χ3v) is 3.13. The maximum absolute atomic E-state index is 11.9. The summed E-state index contributed by atoms with van der Waals surface area (Å²) in [6.07, 6.45) is 4.59. The van der Waals surface area contributed by atoms with E-state index >= 15 is 0 Å². The fourth-order valence-corrected chi connectivity index (χ4v) is 2.01. The fraction of sp³-hybridized carbons (Fsp3) is 0.600. The van der Waals surface area contributed by atoms with Crippen molar-refractivity contribution in [3.05, 3.63) is 23.9 Å². The highest BCUT2D eigenvalue weighted by Crippen LogP contribution is 2.22. The lowest BCUT2D eigenvalue weighted by Crippen LogP contribution is -2.41. The van der Waals surface area contributed by atoms with E-state index in [1.807, 2.05) is 32.9 Å². The average Bonchev–Trinajstić information content (AvgIpc) is 2.79. The normalized spacial score (nSPS) is 27.2. The number of hydrogen-bond acceptors (Lipinski definition) is 4. The molecule has 0 aliphatic carbocycles. The number of ketones is 1. The fourth-order valence-electron chi connectivity index (χ4n) is 2.01. The Morgan fingerprint density at radius 1 is 1.35 bits per heavy atom. The van der Waals surface area contributed by atoms with Gasteiger partial charge in [0.1, 0.15) is 6.10 Å². The molecule has 5 nitrogen and oxygen atoms in total. The molecule has 2 aliphatic rings. The number of rotatable bonds is 3. The Labute approximate surface area is 119 Å². The number of hydrogen-bond donors (Lipinski definition) is 0. The highest BCUT2D eigenvalue weighted by molar-refractivity contribution is 6.09. The Morgan fingerprint density at radius 3 is 2.70 bits per heavy atom. The van der Waals surface area contributed by atoms with Gasteiger partial charge in [-0.25, -0.2) is 0 Å². The van der Waals surface area contributed by atoms with Gasteiger partial charge in [-0.2, -0.15) is 0 Å². The minimum atomic E-state index is -0.445. The lowest BCUT2D eigenvalue weighted by molar-refractivity contribution is -0.144. The summed E-state index contributed by atoms with van der Waals surface area (Å²) in [6.45, 7) is 8.10. The second kappa shape index (κ2) is 5.50. The first-order chi connectivity index (χ1) is 9.26. The molecule has 2 aliphatic heterocycles. The first-order valence-electron chi connectivity index (χ1n) is 6.77. The van der Waals surface area contributed by atoms with Gasteiger partial charge in [0.15, 0.2) is 12.0 Å². The highest BCUT2D eigenvalue weighted by Gasteiger charge is 2.32. The molecule has 0 radical (unpaired) electrons. The van der Waals surface area contributed by atoms with Crippen LogP contribution in [-0.4, -0.2) is 41.1 Å². The number of ether oxygens (including phenoxy) is 2. The number of carbonyl (C=O) groups is 2. The molecule has 0 fully saturated rings. The largest absolute Gasteiger partial charge is 0.373 e. The lowest BCUT2D eigenvalue weighted by Gasteiger charge is -2.29. The molecule has 5 heteroatoms. The van der Waals surface area contributed by atoms with Crippen molar-refractivity contribution < 1.29 is 19.1 Å². The molecule has 110 valence electrons. The van der Waals surface area contributed by atoms with Crippen molar-refractivity contribution in [2.24, 2.45) is 0 Å². The molecule has 0 N–H and O–H groups in total. The number of allylic oxidation sites excluding steroid dienone is 1. The van der Waals surface area contributed by atoms with Gasteiger partial charge in [-0.15, -0.1) is 0 Å². The minimum absolute atomic E-state index is 0.0841. The summed E-state index contributed by atoms with van der Waals surface area (Å²) >= 11 is 0. The molecular weight excluding hydrogens is 258 g/mol. The maximum Gasteiger partial charge on any atom is 0.236 e. The Morgan fingerprint density at radius 2 is 2.05 bits per heavy atom. The van der Waals surface area contributed by atoms with Crippen LogP contribution in [0.25, 0.3) is 0 Å². The van der Waals surface area contributed by atoms with Crippen LogP contribution in [-0.2, 0) is 19.1 Å². The smallest absolute Gasteiger partial charge is 0.236 e. The van der Waals surface area contributed by atoms with E-state index in [1.165, 1.54) is 4.90 Å². The zero-order valence-corrected chi connectivity index (χ0v) is 12.4. The van der Waals surface area contributed by atoms with Crippen LogP contribution in [0.3, 0.4) is 0 Å². The van der Waals surface area contributed by atoms with E-state index in [1.54, 1.807) is 13.1 Å². The van der Waals surface area contributed by atoms with Gasteiger partial charge in [0.25, 0.3) is 0 Å². The summed E-state index contributed by atoms with van der Waals surface area (Å²) in [4.78, 5) is 24.8. The monoisotopic (exact) mass is 279 g/mol. The standard InChI is InChI=1S/C15H21NO4/c1-10-8-16(13(18)7-12(10)17)14-6-5-11(20-14)9-19-15(2,3)4/h5-6,8,11,14H,7,9H2,1-4H3/t11-,14+/m0/s1. The van der Waals surface area contributed by atoms with Gasteiger partial charge >= 0.3 is 0 Å². The van der Waals surface area contributed by atoms with E-state index in [0.717, 1.165) is 0 Å². The molecule has 20 heavy (non-hydrogen) atoms. The second-order valence-corrected chi connectivity index (χ2v) is 6.09. The van der Waals surface area contributed by atoms with Gasteiger partial charge in [-0.05, 0) is 33.8 Å². The van der Waals surface area contributed by atoms with Crippen molar-refractivity contribution >= 4 is 11.7 Å². The molecule has 0 spiro atoms. The third kappa shape index (κ3) is 3.55. The van der Waals surface area contributed by atoms with Crippen molar-refractivity contribution in [2.75, 3.05) is 6.61 Å². The lowest BCUT2D eigenvalue weighted by atomic mass is 10.1. The molecule has 0 aromatic rings. The number of carbonyl (C=O) groups excluding carboxylic acids is 2. The molecule has 2 heterocycles. The van der Waals surface area contributed by atoms with Crippen molar-refractivity contribution in [1.82, 2.24) is 4.90 Å². The van der Waals surface area contributed by atoms with Crippen LogP contribution in [0.2, 0.25) is 0 Å². The highest BCUT2D eigenvalue weighted by atomic mass is 16.6. The van der Waals surface area contributed by atoms with Crippen molar-refractivity contribution in [3.63, 3.8) is 0 Å². The molecule has 0 unspecified atom stereocenters. The average molecular weight is 279 g/mol. The van der Waals surface area contributed by atoms with Gasteiger partial charge in [0.05, 0.1) is 18.6 Å². The van der Waals surface area contributed by atoms with Gasteiger partial charge in [-0.1, -0.05) is 6.08 Å². The van der Waals surface area contributed by atoms with Gasteiger partial charge in [-0.3, -0.25) is 14.5 Å². The van der Waals surface area contributed by atoms with Crippen LogP contribution >= 0.6 is 0 Å². The van der Waals surface area contributed by atoms with Crippen LogP contribution in [0.4, 0.5) is 0 Å². The van der Waals surface area contributed by atoms with Crippen LogP contribution < -0.4 is 0 Å². The maximum atomic E-state index is 11.9. The van der Waals surface area contributed by atoms with E-state index in [4.69, 9.17) is 9.47 Å². The summed E-state index contributed by atoms with van der Waals surface area (Å²) < 4.78 is 11.4. The third-order valence-electron chi connectivity index (χ3n) is 3.13. The number of amides is 1. The Balaban J connectivity index is 1.95. The summed E-state index contributed by atoms with van der Waals surface area (Å²) in [5.41, 5.74) is 0.357. The minimum Gasteiger partial charge on any atom is -0.373 e. The number of nitrogens with zero attached hydrogens (tertiary/aromatic N) is 1. The van der Waals surface area contributed by atoms with Crippen molar-refractivity contribution in [1.29, 1.82) is 0 Å². The van der Waals surface area contributed by atoms with Crippen LogP contribution in [0.5, 0.6) is 0 Å². The van der Waals surface area contributed by atoms with Gasteiger partial charge in [0.2, 0.25) is 5.91 Å². The molecule has 1 amide bonds. The SMILES string of the molecule is CC1=CN([C@H]2C=C[C@@H](COC(C)(C)C)O2)C(=O)CC1=O. The van der Waals surface area contributed by atoms with Crippen LogP contribution in [0.1, 0.15) is 34.1 Å². The molecule has 0 aromatic heterocycles. The predicted molar refractivity (Wildman–Crippen MR) is 73.7 cm³/mol. The molecule has 0 aromatic carbocycles. The summed E-state index contributed by atoms with van der Waals surface area (Å²) in [5.74, 6) is -0.353. The van der Waals surface area contributed by atoms with E-state index < -0.39 is 6.23 Å². The zero-order valence-electron chi connectivity index (χ0n) is 12.4. The van der Waals surface area contributed by atoms with E-state index in [-0.39, 0.29) is 29.8 Å². The first-order valence-corrected chi connectivity index (χ1v) is 6.77. The molecule has 0 saturated carbocycles. The first kappa shape index (κ1) is 14.9. The molecule has 0 bridgehead atoms.